The number of hydrogen-bond donors (Lipinski definition) is 0. The van der Waals surface area contributed by atoms with E-state index in [2.05, 4.69) is 25.9 Å². The number of amides is 1. The lowest BCUT2D eigenvalue weighted by atomic mass is 9.90. The third-order valence-corrected chi connectivity index (χ3v) is 5.91. The van der Waals surface area contributed by atoms with Crippen molar-refractivity contribution in [2.24, 2.45) is 5.92 Å². The first-order valence-corrected chi connectivity index (χ1v) is 10.4. The summed E-state index contributed by atoms with van der Waals surface area (Å²) in [6.07, 6.45) is 8.94. The molecule has 0 radical (unpaired) electrons. The van der Waals surface area contributed by atoms with Crippen LogP contribution in [0, 0.1) is 12.8 Å². The summed E-state index contributed by atoms with van der Waals surface area (Å²) >= 11 is 0. The molecule has 0 atom stereocenters. The van der Waals surface area contributed by atoms with Gasteiger partial charge >= 0.3 is 0 Å². The third-order valence-electron chi connectivity index (χ3n) is 5.91. The Kier molecular flexibility index (Phi) is 5.95. The molecule has 28 heavy (non-hydrogen) atoms. The summed E-state index contributed by atoms with van der Waals surface area (Å²) in [6.45, 7) is 6.68. The lowest BCUT2D eigenvalue weighted by molar-refractivity contribution is 0.0790. The van der Waals surface area contributed by atoms with Gasteiger partial charge in [-0.05, 0) is 70.2 Å². The second-order valence-electron chi connectivity index (χ2n) is 8.02. The lowest BCUT2D eigenvalue weighted by Gasteiger charge is -2.32. The van der Waals surface area contributed by atoms with E-state index in [1.807, 2.05) is 30.2 Å². The van der Waals surface area contributed by atoms with Crippen molar-refractivity contribution in [3.8, 4) is 0 Å². The fourth-order valence-corrected chi connectivity index (χ4v) is 4.28. The summed E-state index contributed by atoms with van der Waals surface area (Å²) < 4.78 is 0. The van der Waals surface area contributed by atoms with E-state index in [0.717, 1.165) is 82.0 Å². The Bertz CT molecular complexity index is 796. The standard InChI is InChI=1S/C22H29N5O/c1-17-24-15-20(22(28)27-10-4-5-11-27)21(25-17)14-18-7-12-26(13-8-18)16-19-6-2-3-9-23-19/h2-3,6,9,15,18H,4-5,7-8,10-14,16H2,1H3. The van der Waals surface area contributed by atoms with Crippen molar-refractivity contribution in [2.75, 3.05) is 26.2 Å². The highest BCUT2D eigenvalue weighted by molar-refractivity contribution is 5.95. The molecular weight excluding hydrogens is 350 g/mol. The van der Waals surface area contributed by atoms with Crippen LogP contribution >= 0.6 is 0 Å². The van der Waals surface area contributed by atoms with Gasteiger partial charge in [-0.25, -0.2) is 9.97 Å². The molecule has 148 valence electrons. The molecule has 2 aliphatic rings. The Labute approximate surface area is 167 Å². The minimum absolute atomic E-state index is 0.111. The Hall–Kier alpha value is -2.34. The molecule has 6 nitrogen and oxygen atoms in total. The smallest absolute Gasteiger partial charge is 0.257 e. The highest BCUT2D eigenvalue weighted by Crippen LogP contribution is 2.24. The molecule has 0 aromatic carbocycles. The van der Waals surface area contributed by atoms with Crippen molar-refractivity contribution < 1.29 is 4.79 Å². The first-order chi connectivity index (χ1) is 13.7. The molecule has 0 aliphatic carbocycles. The fraction of sp³-hybridized carbons (Fsp3) is 0.545. The van der Waals surface area contributed by atoms with Crippen LogP contribution in [-0.4, -0.2) is 56.8 Å². The molecule has 0 bridgehead atoms. The van der Waals surface area contributed by atoms with Crippen molar-refractivity contribution in [2.45, 2.75) is 45.6 Å². The summed E-state index contributed by atoms with van der Waals surface area (Å²) in [4.78, 5) is 30.7. The number of aromatic nitrogens is 3. The van der Waals surface area contributed by atoms with Gasteiger partial charge in [-0.15, -0.1) is 0 Å². The Morgan fingerprint density at radius 2 is 1.89 bits per heavy atom. The predicted molar refractivity (Wildman–Crippen MR) is 108 cm³/mol. The van der Waals surface area contributed by atoms with Crippen LogP contribution in [0.3, 0.4) is 0 Å². The zero-order chi connectivity index (χ0) is 19.3. The predicted octanol–water partition coefficient (Wildman–Crippen LogP) is 2.87. The Morgan fingerprint density at radius 1 is 1.11 bits per heavy atom. The average molecular weight is 380 g/mol. The molecule has 0 spiro atoms. The maximum absolute atomic E-state index is 12.9. The van der Waals surface area contributed by atoms with Gasteiger partial charge in [-0.1, -0.05) is 6.07 Å². The minimum atomic E-state index is 0.111. The van der Waals surface area contributed by atoms with Gasteiger partial charge in [-0.3, -0.25) is 14.7 Å². The monoisotopic (exact) mass is 379 g/mol. The van der Waals surface area contributed by atoms with Crippen LogP contribution in [0.4, 0.5) is 0 Å². The Morgan fingerprint density at radius 3 is 2.61 bits per heavy atom. The lowest BCUT2D eigenvalue weighted by Crippen LogP contribution is -2.35. The van der Waals surface area contributed by atoms with Gasteiger partial charge in [-0.2, -0.15) is 0 Å². The van der Waals surface area contributed by atoms with Gasteiger partial charge in [0.15, 0.2) is 0 Å². The van der Waals surface area contributed by atoms with Gasteiger partial charge in [0.2, 0.25) is 0 Å². The SMILES string of the molecule is Cc1ncc(C(=O)N2CCCC2)c(CC2CCN(Cc3ccccn3)CC2)n1. The number of rotatable bonds is 5. The quantitative estimate of drug-likeness (QED) is 0.799. The summed E-state index contributed by atoms with van der Waals surface area (Å²) in [5.41, 5.74) is 2.78. The summed E-state index contributed by atoms with van der Waals surface area (Å²) in [6, 6.07) is 6.10. The van der Waals surface area contributed by atoms with E-state index in [9.17, 15) is 4.79 Å². The van der Waals surface area contributed by atoms with Crippen LogP contribution < -0.4 is 0 Å². The number of carbonyl (C=O) groups is 1. The van der Waals surface area contributed by atoms with Crippen LogP contribution in [-0.2, 0) is 13.0 Å². The maximum atomic E-state index is 12.9. The van der Waals surface area contributed by atoms with Gasteiger partial charge in [0.1, 0.15) is 5.82 Å². The molecule has 6 heteroatoms. The summed E-state index contributed by atoms with van der Waals surface area (Å²) in [5, 5.41) is 0. The van der Waals surface area contributed by atoms with E-state index in [-0.39, 0.29) is 5.91 Å². The molecule has 2 saturated heterocycles. The normalized spacial score (nSPS) is 18.5. The molecular formula is C22H29N5O. The number of pyridine rings is 1. The zero-order valence-electron chi connectivity index (χ0n) is 16.7. The van der Waals surface area contributed by atoms with E-state index < -0.39 is 0 Å². The molecule has 1 amide bonds. The van der Waals surface area contributed by atoms with Crippen LogP contribution in [0.2, 0.25) is 0 Å². The number of carbonyl (C=O) groups excluding carboxylic acids is 1. The highest BCUT2D eigenvalue weighted by Gasteiger charge is 2.26. The number of aryl methyl sites for hydroxylation is 1. The molecule has 4 rings (SSSR count). The van der Waals surface area contributed by atoms with Gasteiger partial charge < -0.3 is 4.90 Å². The van der Waals surface area contributed by atoms with Gasteiger partial charge in [0, 0.05) is 32.0 Å². The second kappa shape index (κ2) is 8.78. The van der Waals surface area contributed by atoms with E-state index >= 15 is 0 Å². The molecule has 2 aliphatic heterocycles. The summed E-state index contributed by atoms with van der Waals surface area (Å²) in [5.74, 6) is 1.43. The van der Waals surface area contributed by atoms with Crippen LogP contribution in [0.1, 0.15) is 53.3 Å². The Balaban J connectivity index is 1.38. The number of piperidine rings is 1. The zero-order valence-corrected chi connectivity index (χ0v) is 16.7. The van der Waals surface area contributed by atoms with E-state index in [1.165, 1.54) is 0 Å². The van der Waals surface area contributed by atoms with Gasteiger partial charge in [0.25, 0.3) is 5.91 Å². The largest absolute Gasteiger partial charge is 0.339 e. The number of likely N-dealkylation sites (tertiary alicyclic amines) is 2. The van der Waals surface area contributed by atoms with E-state index in [1.54, 1.807) is 6.20 Å². The van der Waals surface area contributed by atoms with Crippen molar-refractivity contribution in [1.29, 1.82) is 0 Å². The molecule has 0 N–H and O–H groups in total. The second-order valence-corrected chi connectivity index (χ2v) is 8.02. The average Bonchev–Trinajstić information content (AvgIpc) is 3.25. The summed E-state index contributed by atoms with van der Waals surface area (Å²) in [7, 11) is 0. The topological polar surface area (TPSA) is 62.2 Å². The molecule has 0 saturated carbocycles. The van der Waals surface area contributed by atoms with E-state index in [4.69, 9.17) is 0 Å². The van der Waals surface area contributed by atoms with Gasteiger partial charge in [0.05, 0.1) is 17.0 Å². The van der Waals surface area contributed by atoms with Crippen LogP contribution in [0.25, 0.3) is 0 Å². The molecule has 2 aromatic heterocycles. The van der Waals surface area contributed by atoms with E-state index in [0.29, 0.717) is 11.5 Å². The van der Waals surface area contributed by atoms with Crippen molar-refractivity contribution >= 4 is 5.91 Å². The molecule has 2 aromatic rings. The van der Waals surface area contributed by atoms with Crippen LogP contribution in [0.15, 0.2) is 30.6 Å². The number of hydrogen-bond acceptors (Lipinski definition) is 5. The minimum Gasteiger partial charge on any atom is -0.339 e. The van der Waals surface area contributed by atoms with Crippen molar-refractivity contribution in [1.82, 2.24) is 24.8 Å². The first kappa shape index (κ1) is 19.0. The first-order valence-electron chi connectivity index (χ1n) is 10.4. The molecule has 0 unspecified atom stereocenters. The maximum Gasteiger partial charge on any atom is 0.257 e. The van der Waals surface area contributed by atoms with Crippen LogP contribution in [0.5, 0.6) is 0 Å². The van der Waals surface area contributed by atoms with Crippen molar-refractivity contribution in [3.63, 3.8) is 0 Å². The molecule has 2 fully saturated rings. The fourth-order valence-electron chi connectivity index (χ4n) is 4.28. The highest BCUT2D eigenvalue weighted by atomic mass is 16.2. The van der Waals surface area contributed by atoms with Crippen molar-refractivity contribution in [3.05, 3.63) is 53.4 Å². The number of nitrogens with zero attached hydrogens (tertiary/aromatic N) is 5. The third kappa shape index (κ3) is 4.55. The molecule has 4 heterocycles.